The van der Waals surface area contributed by atoms with Crippen LogP contribution in [-0.2, 0) is 34.0 Å². The van der Waals surface area contributed by atoms with Gasteiger partial charge in [-0.05, 0) is 65.0 Å². The summed E-state index contributed by atoms with van der Waals surface area (Å²) >= 11 is 0. The van der Waals surface area contributed by atoms with Gasteiger partial charge >= 0.3 is 0 Å². The number of hydrogen-bond acceptors (Lipinski definition) is 9. The van der Waals surface area contributed by atoms with E-state index in [1.54, 1.807) is 12.1 Å². The standard InChI is InChI=1S/C36H39N5O6.C5H13N/c37-15-16-39-36(45)33-34(43)28-18-26(12-14-31(28)47-22-24-9-5-2-6-10-24)25-11-13-30(46-21-23-7-3-1-4-8-23)27(17-25)19-29(38)35(44)40-20-32(42)41-33;1-2-3-4-5-6/h1-14,17-18,29,33-34,43H,15-16,19-22,37-38H2,(H,39,45)(H,40,44)(H,41,42);2-6H2,1H3. The minimum Gasteiger partial charge on any atom is -0.489 e. The summed E-state index contributed by atoms with van der Waals surface area (Å²) in [4.78, 5) is 39.2. The molecule has 0 fully saturated rings. The molecule has 4 aromatic rings. The van der Waals surface area contributed by atoms with Gasteiger partial charge in [0.05, 0.1) is 12.6 Å². The molecule has 0 radical (unpaired) electrons. The van der Waals surface area contributed by atoms with Gasteiger partial charge in [-0.15, -0.1) is 0 Å². The van der Waals surface area contributed by atoms with Crippen LogP contribution in [0.5, 0.6) is 11.5 Å². The van der Waals surface area contributed by atoms with E-state index in [9.17, 15) is 19.5 Å². The highest BCUT2D eigenvalue weighted by atomic mass is 16.5. The molecule has 1 heterocycles. The molecule has 1 aliphatic rings. The average molecular weight is 725 g/mol. The van der Waals surface area contributed by atoms with Crippen molar-refractivity contribution in [2.45, 2.75) is 64.0 Å². The van der Waals surface area contributed by atoms with E-state index >= 15 is 0 Å². The second-order valence-electron chi connectivity index (χ2n) is 12.7. The van der Waals surface area contributed by atoms with Crippen molar-refractivity contribution < 1.29 is 29.0 Å². The summed E-state index contributed by atoms with van der Waals surface area (Å²) in [5, 5.41) is 19.5. The van der Waals surface area contributed by atoms with E-state index in [0.717, 1.165) is 23.2 Å². The van der Waals surface area contributed by atoms with E-state index in [4.69, 9.17) is 26.7 Å². The van der Waals surface area contributed by atoms with Crippen LogP contribution in [0.2, 0.25) is 0 Å². The first-order valence-electron chi connectivity index (χ1n) is 18.0. The Hall–Kier alpha value is -5.27. The Labute approximate surface area is 311 Å². The molecule has 5 rings (SSSR count). The number of fused-ring (bicyclic) bond motifs is 5. The van der Waals surface area contributed by atoms with Crippen molar-refractivity contribution in [2.75, 3.05) is 26.2 Å². The molecule has 0 aliphatic carbocycles. The summed E-state index contributed by atoms with van der Waals surface area (Å²) < 4.78 is 12.3. The first-order chi connectivity index (χ1) is 25.7. The van der Waals surface area contributed by atoms with Gasteiger partial charge < -0.3 is 47.7 Å². The zero-order valence-electron chi connectivity index (χ0n) is 30.3. The minimum absolute atomic E-state index is 0.127. The SMILES string of the molecule is CCCCCN.NCCNC(=O)C1NC(=O)CNC(=O)C(N)Cc2cc(ccc2OCc2ccccc2)-c2ccc(OCc3ccccc3)c(c2)C1O. The van der Waals surface area contributed by atoms with Crippen molar-refractivity contribution in [3.05, 3.63) is 119 Å². The van der Waals surface area contributed by atoms with Crippen molar-refractivity contribution in [3.8, 4) is 22.6 Å². The van der Waals surface area contributed by atoms with Crippen LogP contribution < -0.4 is 42.6 Å². The van der Waals surface area contributed by atoms with Crippen LogP contribution in [-0.4, -0.2) is 61.1 Å². The third-order valence-electron chi connectivity index (χ3n) is 8.56. The van der Waals surface area contributed by atoms with Crippen LogP contribution >= 0.6 is 0 Å². The van der Waals surface area contributed by atoms with Gasteiger partial charge in [-0.25, -0.2) is 0 Å². The smallest absolute Gasteiger partial charge is 0.245 e. The van der Waals surface area contributed by atoms with Crippen LogP contribution in [0.4, 0.5) is 0 Å². The van der Waals surface area contributed by atoms with Crippen LogP contribution in [0.15, 0.2) is 97.1 Å². The molecule has 3 unspecified atom stereocenters. The maximum atomic E-state index is 13.3. The number of ether oxygens (including phenoxy) is 2. The predicted octanol–water partition coefficient (Wildman–Crippen LogP) is 3.24. The monoisotopic (exact) mass is 724 g/mol. The van der Waals surface area contributed by atoms with Crippen LogP contribution in [0.3, 0.4) is 0 Å². The maximum absolute atomic E-state index is 13.3. The largest absolute Gasteiger partial charge is 0.489 e. The van der Waals surface area contributed by atoms with Crippen LogP contribution in [0, 0.1) is 0 Å². The third-order valence-corrected chi connectivity index (χ3v) is 8.56. The van der Waals surface area contributed by atoms with Crippen molar-refractivity contribution in [1.29, 1.82) is 0 Å². The fourth-order valence-corrected chi connectivity index (χ4v) is 5.64. The molecule has 0 saturated heterocycles. The average Bonchev–Trinajstić information content (AvgIpc) is 3.19. The Kier molecular flexibility index (Phi) is 16.3. The normalized spacial score (nSPS) is 17.1. The number of aliphatic hydroxyl groups is 1. The highest BCUT2D eigenvalue weighted by molar-refractivity contribution is 5.91. The summed E-state index contributed by atoms with van der Waals surface area (Å²) in [6.07, 6.45) is 2.35. The Balaban J connectivity index is 0.000000964. The number of aliphatic hydroxyl groups excluding tert-OH is 1. The van der Waals surface area contributed by atoms with Crippen molar-refractivity contribution in [2.24, 2.45) is 17.2 Å². The number of hydrogen-bond donors (Lipinski definition) is 7. The Morgan fingerprint density at radius 3 is 2.02 bits per heavy atom. The topological polar surface area (TPSA) is 204 Å². The summed E-state index contributed by atoms with van der Waals surface area (Å²) in [5.41, 5.74) is 21.4. The lowest BCUT2D eigenvalue weighted by Gasteiger charge is -2.26. The zero-order chi connectivity index (χ0) is 38.0. The third kappa shape index (κ3) is 12.4. The van der Waals surface area contributed by atoms with Crippen LogP contribution in [0.1, 0.15) is 54.5 Å². The molecule has 1 aliphatic heterocycles. The van der Waals surface area contributed by atoms with E-state index in [-0.39, 0.29) is 31.7 Å². The van der Waals surface area contributed by atoms with Crippen molar-refractivity contribution >= 4 is 17.7 Å². The second-order valence-corrected chi connectivity index (χ2v) is 12.7. The zero-order valence-corrected chi connectivity index (χ0v) is 30.3. The molecule has 0 saturated carbocycles. The quantitative estimate of drug-likeness (QED) is 0.107. The van der Waals surface area contributed by atoms with E-state index in [1.165, 1.54) is 19.3 Å². The van der Waals surface area contributed by atoms with E-state index in [1.807, 2.05) is 84.9 Å². The van der Waals surface area contributed by atoms with Gasteiger partial charge in [-0.2, -0.15) is 0 Å². The van der Waals surface area contributed by atoms with E-state index in [0.29, 0.717) is 29.2 Å². The fraction of sp³-hybridized carbons (Fsp3) is 0.341. The Bertz CT molecular complexity index is 1750. The first kappa shape index (κ1) is 40.5. The lowest BCUT2D eigenvalue weighted by atomic mass is 9.94. The summed E-state index contributed by atoms with van der Waals surface area (Å²) in [6.45, 7) is 3.37. The number of carbonyl (C=O) groups excluding carboxylic acids is 3. The Morgan fingerprint density at radius 2 is 1.43 bits per heavy atom. The molecule has 4 bridgehead atoms. The molecular weight excluding hydrogens is 672 g/mol. The van der Waals surface area contributed by atoms with Gasteiger partial charge in [0.15, 0.2) is 0 Å². The van der Waals surface area contributed by atoms with Gasteiger partial charge in [0.1, 0.15) is 36.9 Å². The minimum atomic E-state index is -1.53. The van der Waals surface area contributed by atoms with E-state index in [2.05, 4.69) is 22.9 Å². The molecule has 4 aromatic carbocycles. The number of rotatable bonds is 12. The molecule has 53 heavy (non-hydrogen) atoms. The van der Waals surface area contributed by atoms with Crippen molar-refractivity contribution in [3.63, 3.8) is 0 Å². The predicted molar refractivity (Wildman–Crippen MR) is 206 cm³/mol. The summed E-state index contributed by atoms with van der Waals surface area (Å²) in [7, 11) is 0. The number of carbonyl (C=O) groups is 3. The molecule has 0 aromatic heterocycles. The number of amides is 3. The van der Waals surface area contributed by atoms with Gasteiger partial charge in [0.2, 0.25) is 17.7 Å². The Morgan fingerprint density at radius 1 is 0.830 bits per heavy atom. The van der Waals surface area contributed by atoms with Crippen molar-refractivity contribution in [1.82, 2.24) is 16.0 Å². The summed E-state index contributed by atoms with van der Waals surface area (Å²) in [5.74, 6) is -1.01. The molecule has 0 spiro atoms. The van der Waals surface area contributed by atoms with Crippen LogP contribution in [0.25, 0.3) is 11.1 Å². The number of nitrogens with two attached hydrogens (primary N) is 3. The van der Waals surface area contributed by atoms with E-state index < -0.39 is 42.5 Å². The van der Waals surface area contributed by atoms with Gasteiger partial charge in [0.25, 0.3) is 0 Å². The highest BCUT2D eigenvalue weighted by Crippen LogP contribution is 2.35. The molecule has 3 atom stereocenters. The highest BCUT2D eigenvalue weighted by Gasteiger charge is 2.32. The number of benzene rings is 4. The van der Waals surface area contributed by atoms with Gasteiger partial charge in [-0.1, -0.05) is 92.6 Å². The molecular formula is C41H52N6O6. The first-order valence-corrected chi connectivity index (χ1v) is 18.0. The summed E-state index contributed by atoms with van der Waals surface area (Å²) in [6, 6.07) is 27.7. The molecule has 3 amide bonds. The number of unbranched alkanes of at least 4 members (excludes halogenated alkanes) is 2. The van der Waals surface area contributed by atoms with Gasteiger partial charge in [0, 0.05) is 25.1 Å². The lowest BCUT2D eigenvalue weighted by molar-refractivity contribution is -0.132. The molecule has 282 valence electrons. The molecule has 12 nitrogen and oxygen atoms in total. The van der Waals surface area contributed by atoms with Gasteiger partial charge in [-0.3, -0.25) is 14.4 Å². The molecule has 10 N–H and O–H groups in total. The number of nitrogens with one attached hydrogen (secondary N) is 3. The molecule has 12 heteroatoms. The lowest BCUT2D eigenvalue weighted by Crippen LogP contribution is -2.53. The maximum Gasteiger partial charge on any atom is 0.245 e. The second kappa shape index (κ2) is 21.3. The fourth-order valence-electron chi connectivity index (χ4n) is 5.64.